The summed E-state index contributed by atoms with van der Waals surface area (Å²) in [6.45, 7) is 4.02. The van der Waals surface area contributed by atoms with Crippen LogP contribution in [0.3, 0.4) is 0 Å². The molecule has 5 rings (SSSR count). The van der Waals surface area contributed by atoms with Crippen LogP contribution >= 0.6 is 0 Å². The van der Waals surface area contributed by atoms with Crippen molar-refractivity contribution in [1.82, 2.24) is 5.32 Å². The molecule has 3 aromatic rings. The number of carbonyl (C=O) groups excluding carboxylic acids is 3. The summed E-state index contributed by atoms with van der Waals surface area (Å²) in [5.74, 6) is -1.49. The summed E-state index contributed by atoms with van der Waals surface area (Å²) in [6, 6.07) is 22.4. The van der Waals surface area contributed by atoms with E-state index in [-0.39, 0.29) is 17.9 Å². The third kappa shape index (κ3) is 4.27. The van der Waals surface area contributed by atoms with Gasteiger partial charge in [-0.15, -0.1) is 0 Å². The van der Waals surface area contributed by atoms with Crippen molar-refractivity contribution in [2.24, 2.45) is 5.92 Å². The van der Waals surface area contributed by atoms with Crippen LogP contribution in [0.1, 0.15) is 40.4 Å². The van der Waals surface area contributed by atoms with E-state index in [9.17, 15) is 14.4 Å². The number of hydrogen-bond donors (Lipinski definition) is 3. The van der Waals surface area contributed by atoms with Gasteiger partial charge in [0.05, 0.1) is 18.1 Å². The van der Waals surface area contributed by atoms with E-state index in [4.69, 9.17) is 4.74 Å². The van der Waals surface area contributed by atoms with E-state index in [0.717, 1.165) is 22.4 Å². The largest absolute Gasteiger partial charge is 0.462 e. The lowest BCUT2D eigenvalue weighted by Crippen LogP contribution is -2.52. The van der Waals surface area contributed by atoms with Crippen molar-refractivity contribution < 1.29 is 19.1 Å². The van der Waals surface area contributed by atoms with Gasteiger partial charge in [-0.2, -0.15) is 0 Å². The van der Waals surface area contributed by atoms with Crippen molar-refractivity contribution in [3.05, 3.63) is 95.1 Å². The minimum Gasteiger partial charge on any atom is -0.462 e. The minimum absolute atomic E-state index is 0.0634. The van der Waals surface area contributed by atoms with Gasteiger partial charge in [-0.3, -0.25) is 14.9 Å². The lowest BCUT2D eigenvalue weighted by atomic mass is 9.79. The number of esters is 1. The summed E-state index contributed by atoms with van der Waals surface area (Å²) in [6.07, 6.45) is 1.21. The van der Waals surface area contributed by atoms with Crippen LogP contribution in [0.15, 0.2) is 72.8 Å². The Bertz CT molecular complexity index is 1310. The molecule has 3 aromatic carbocycles. The third-order valence-electron chi connectivity index (χ3n) is 6.99. The molecule has 0 aliphatic carbocycles. The number of benzene rings is 3. The monoisotopic (exact) mass is 483 g/mol. The molecule has 0 aromatic heterocycles. The van der Waals surface area contributed by atoms with Gasteiger partial charge in [0.2, 0.25) is 11.8 Å². The van der Waals surface area contributed by atoms with Crippen LogP contribution in [0, 0.1) is 12.8 Å². The van der Waals surface area contributed by atoms with Crippen LogP contribution in [0.5, 0.6) is 0 Å². The van der Waals surface area contributed by atoms with Crippen LogP contribution in [-0.2, 0) is 26.3 Å². The van der Waals surface area contributed by atoms with Crippen molar-refractivity contribution in [3.8, 4) is 0 Å². The SMILES string of the molecule is CCOC(=O)c1ccc(NC(=O)[C@@H]2C[C@H](Cc3ccccc3)N[C@@]23C(=O)Nc2ccc(C)cc23)cc1. The van der Waals surface area contributed by atoms with Crippen molar-refractivity contribution in [2.45, 2.75) is 38.3 Å². The summed E-state index contributed by atoms with van der Waals surface area (Å²) in [5, 5.41) is 9.53. The Morgan fingerprint density at radius 2 is 1.81 bits per heavy atom. The second-order valence-electron chi connectivity index (χ2n) is 9.42. The highest BCUT2D eigenvalue weighted by molar-refractivity contribution is 6.10. The number of aryl methyl sites for hydroxylation is 1. The van der Waals surface area contributed by atoms with E-state index in [2.05, 4.69) is 28.1 Å². The Morgan fingerprint density at radius 1 is 1.06 bits per heavy atom. The summed E-state index contributed by atoms with van der Waals surface area (Å²) in [7, 11) is 0. The lowest BCUT2D eigenvalue weighted by molar-refractivity contribution is -0.130. The molecule has 1 spiro atoms. The molecule has 3 N–H and O–H groups in total. The Hall–Kier alpha value is -3.97. The molecule has 3 atom stereocenters. The average Bonchev–Trinajstić information content (AvgIpc) is 3.38. The molecule has 0 unspecified atom stereocenters. The van der Waals surface area contributed by atoms with E-state index in [0.29, 0.717) is 30.7 Å². The predicted molar refractivity (Wildman–Crippen MR) is 138 cm³/mol. The molecule has 1 fully saturated rings. The molecule has 1 saturated heterocycles. The molecular formula is C29H29N3O4. The fraction of sp³-hybridized carbons (Fsp3) is 0.276. The number of ether oxygens (including phenoxy) is 1. The molecule has 2 amide bonds. The van der Waals surface area contributed by atoms with Crippen molar-refractivity contribution >= 4 is 29.2 Å². The second kappa shape index (κ2) is 9.59. The van der Waals surface area contributed by atoms with Crippen LogP contribution in [0.2, 0.25) is 0 Å². The van der Waals surface area contributed by atoms with Crippen molar-refractivity contribution in [2.75, 3.05) is 17.2 Å². The molecule has 2 heterocycles. The van der Waals surface area contributed by atoms with Crippen LogP contribution in [0.4, 0.5) is 11.4 Å². The first-order valence-corrected chi connectivity index (χ1v) is 12.2. The number of hydrogen-bond acceptors (Lipinski definition) is 5. The zero-order valence-electron chi connectivity index (χ0n) is 20.3. The average molecular weight is 484 g/mol. The van der Waals surface area contributed by atoms with Gasteiger partial charge in [0.1, 0.15) is 5.54 Å². The number of nitrogens with one attached hydrogen (secondary N) is 3. The summed E-state index contributed by atoms with van der Waals surface area (Å²) in [5.41, 5.74) is 3.51. The number of rotatable bonds is 6. The Morgan fingerprint density at radius 3 is 2.53 bits per heavy atom. The molecule has 2 aliphatic heterocycles. The first-order chi connectivity index (χ1) is 17.4. The highest BCUT2D eigenvalue weighted by Crippen LogP contribution is 2.48. The molecule has 7 nitrogen and oxygen atoms in total. The fourth-order valence-electron chi connectivity index (χ4n) is 5.34. The molecule has 0 saturated carbocycles. The predicted octanol–water partition coefficient (Wildman–Crippen LogP) is 4.18. The van der Waals surface area contributed by atoms with Gasteiger partial charge in [-0.05, 0) is 62.6 Å². The maximum Gasteiger partial charge on any atom is 0.338 e. The van der Waals surface area contributed by atoms with Gasteiger partial charge in [-0.25, -0.2) is 4.79 Å². The molecule has 2 aliphatic rings. The number of carbonyl (C=O) groups is 3. The highest BCUT2D eigenvalue weighted by Gasteiger charge is 2.60. The topological polar surface area (TPSA) is 96.5 Å². The molecule has 36 heavy (non-hydrogen) atoms. The molecular weight excluding hydrogens is 454 g/mol. The maximum absolute atomic E-state index is 13.7. The molecule has 7 heteroatoms. The van der Waals surface area contributed by atoms with Gasteiger partial charge in [0, 0.05) is 23.0 Å². The Balaban J connectivity index is 1.45. The van der Waals surface area contributed by atoms with Crippen LogP contribution in [-0.4, -0.2) is 30.4 Å². The number of fused-ring (bicyclic) bond motifs is 2. The molecule has 0 bridgehead atoms. The van der Waals surface area contributed by atoms with E-state index < -0.39 is 17.4 Å². The normalized spacial score (nSPS) is 22.2. The van der Waals surface area contributed by atoms with Gasteiger partial charge in [-0.1, -0.05) is 48.0 Å². The Kier molecular flexibility index (Phi) is 6.33. The summed E-state index contributed by atoms with van der Waals surface area (Å²) in [4.78, 5) is 39.2. The third-order valence-corrected chi connectivity index (χ3v) is 6.99. The van der Waals surface area contributed by atoms with Gasteiger partial charge >= 0.3 is 5.97 Å². The number of amides is 2. The summed E-state index contributed by atoms with van der Waals surface area (Å²) >= 11 is 0. The number of anilines is 2. The smallest absolute Gasteiger partial charge is 0.338 e. The molecule has 0 radical (unpaired) electrons. The maximum atomic E-state index is 13.7. The zero-order valence-corrected chi connectivity index (χ0v) is 20.3. The van der Waals surface area contributed by atoms with Crippen LogP contribution < -0.4 is 16.0 Å². The van der Waals surface area contributed by atoms with Crippen molar-refractivity contribution in [1.29, 1.82) is 0 Å². The minimum atomic E-state index is -1.16. The van der Waals surface area contributed by atoms with Gasteiger partial charge in [0.15, 0.2) is 0 Å². The highest BCUT2D eigenvalue weighted by atomic mass is 16.5. The first-order valence-electron chi connectivity index (χ1n) is 12.2. The van der Waals surface area contributed by atoms with E-state index >= 15 is 0 Å². The van der Waals surface area contributed by atoms with Crippen molar-refractivity contribution in [3.63, 3.8) is 0 Å². The standard InChI is InChI=1S/C29H29N3O4/c1-3-36-27(34)20-10-12-21(13-11-20)30-26(33)24-17-22(16-19-7-5-4-6-8-19)32-29(24)23-15-18(2)9-14-25(23)31-28(29)35/h4-15,22,24,32H,3,16-17H2,1-2H3,(H,30,33)(H,31,35)/t22-,24-,29+/m0/s1. The van der Waals surface area contributed by atoms with Gasteiger partial charge < -0.3 is 15.4 Å². The fourth-order valence-corrected chi connectivity index (χ4v) is 5.34. The summed E-state index contributed by atoms with van der Waals surface area (Å²) < 4.78 is 5.03. The van der Waals surface area contributed by atoms with E-state index in [1.807, 2.05) is 43.3 Å². The second-order valence-corrected chi connectivity index (χ2v) is 9.42. The first kappa shape index (κ1) is 23.8. The quantitative estimate of drug-likeness (QED) is 0.457. The van der Waals surface area contributed by atoms with Gasteiger partial charge in [0.25, 0.3) is 0 Å². The van der Waals surface area contributed by atoms with Crippen LogP contribution in [0.25, 0.3) is 0 Å². The Labute approximate surface area is 210 Å². The van der Waals surface area contributed by atoms with E-state index in [1.54, 1.807) is 31.2 Å². The lowest BCUT2D eigenvalue weighted by Gasteiger charge is -2.29. The zero-order chi connectivity index (χ0) is 25.3. The molecule has 184 valence electrons. The van der Waals surface area contributed by atoms with E-state index in [1.165, 1.54) is 0 Å².